The third-order valence-electron chi connectivity index (χ3n) is 5.44. The summed E-state index contributed by atoms with van der Waals surface area (Å²) in [7, 11) is 1.67. The predicted octanol–water partition coefficient (Wildman–Crippen LogP) is 4.24. The fourth-order valence-corrected chi connectivity index (χ4v) is 3.62. The van der Waals surface area contributed by atoms with Gasteiger partial charge in [0.1, 0.15) is 24.2 Å². The van der Waals surface area contributed by atoms with Crippen molar-refractivity contribution in [3.8, 4) is 11.6 Å². The average molecular weight is 413 g/mol. The summed E-state index contributed by atoms with van der Waals surface area (Å²) in [4.78, 5) is 17.9. The van der Waals surface area contributed by atoms with Crippen LogP contribution in [0.3, 0.4) is 0 Å². The van der Waals surface area contributed by atoms with Crippen LogP contribution in [-0.4, -0.2) is 49.8 Å². The molecule has 1 aliphatic heterocycles. The van der Waals surface area contributed by atoms with E-state index in [0.717, 1.165) is 36.5 Å². The predicted molar refractivity (Wildman–Crippen MR) is 118 cm³/mol. The van der Waals surface area contributed by atoms with Crippen LogP contribution in [0.15, 0.2) is 42.6 Å². The first-order valence-electron chi connectivity index (χ1n) is 10.6. The van der Waals surface area contributed by atoms with Gasteiger partial charge in [0.05, 0.1) is 12.6 Å². The van der Waals surface area contributed by atoms with E-state index < -0.39 is 0 Å². The van der Waals surface area contributed by atoms with Crippen LogP contribution < -0.4 is 14.4 Å². The molecule has 1 aliphatic rings. The summed E-state index contributed by atoms with van der Waals surface area (Å²) in [5.41, 5.74) is 2.25. The quantitative estimate of drug-likeness (QED) is 0.582. The maximum Gasteiger partial charge on any atom is 0.215 e. The van der Waals surface area contributed by atoms with E-state index in [1.54, 1.807) is 20.2 Å². The smallest absolute Gasteiger partial charge is 0.215 e. The Kier molecular flexibility index (Phi) is 7.69. The number of carbonyl (C=O) groups is 1. The number of aromatic nitrogens is 1. The van der Waals surface area contributed by atoms with Crippen molar-refractivity contribution in [3.63, 3.8) is 0 Å². The first-order valence-corrected chi connectivity index (χ1v) is 10.6. The molecule has 0 saturated carbocycles. The van der Waals surface area contributed by atoms with Gasteiger partial charge in [-0.25, -0.2) is 4.98 Å². The fourth-order valence-electron chi connectivity index (χ4n) is 3.62. The topological polar surface area (TPSA) is 60.9 Å². The van der Waals surface area contributed by atoms with Gasteiger partial charge in [0, 0.05) is 44.4 Å². The van der Waals surface area contributed by atoms with Crippen molar-refractivity contribution in [2.75, 3.05) is 31.7 Å². The number of benzene rings is 1. The van der Waals surface area contributed by atoms with Crippen LogP contribution in [0.5, 0.6) is 11.6 Å². The lowest BCUT2D eigenvalue weighted by atomic mass is 9.96. The minimum Gasteiger partial charge on any atom is -0.489 e. The molecular formula is C24H32N2O4. The van der Waals surface area contributed by atoms with Gasteiger partial charge >= 0.3 is 0 Å². The molecule has 1 fully saturated rings. The van der Waals surface area contributed by atoms with Gasteiger partial charge < -0.3 is 23.9 Å². The van der Waals surface area contributed by atoms with Gasteiger partial charge in [-0.2, -0.15) is 0 Å². The number of ketones is 1. The number of rotatable bonds is 10. The summed E-state index contributed by atoms with van der Waals surface area (Å²) in [6.45, 7) is 7.89. The van der Waals surface area contributed by atoms with E-state index in [-0.39, 0.29) is 23.9 Å². The average Bonchev–Trinajstić information content (AvgIpc) is 3.20. The zero-order chi connectivity index (χ0) is 21.5. The number of nitrogens with zero attached hydrogens (tertiary/aromatic N) is 2. The highest BCUT2D eigenvalue weighted by Gasteiger charge is 2.25. The number of carbonyl (C=O) groups excluding carboxylic acids is 1. The fraction of sp³-hybridized carbons (Fsp3) is 0.500. The molecule has 30 heavy (non-hydrogen) atoms. The number of Topliss-reactive ketones (excluding diaryl/α,β-unsaturated/α-hetero) is 1. The first-order chi connectivity index (χ1) is 14.4. The van der Waals surface area contributed by atoms with Crippen LogP contribution in [0.2, 0.25) is 0 Å². The van der Waals surface area contributed by atoms with E-state index in [2.05, 4.69) is 28.9 Å². The summed E-state index contributed by atoms with van der Waals surface area (Å²) in [6, 6.07) is 12.1. The van der Waals surface area contributed by atoms with Gasteiger partial charge in [-0.3, -0.25) is 0 Å². The Morgan fingerprint density at radius 1 is 1.23 bits per heavy atom. The standard InChI is InChI=1S/C24H32N2O4/c1-17(13-18(2)27)20-5-7-22(8-6-20)30-23-10-12-26(15-23)21-9-11-25-24(14-21)29-16-19(3)28-4/h5-9,11,14,17,19,23H,10,12-13,15-16H2,1-4H3/t17-,19+,23-/m1/s1. The van der Waals surface area contributed by atoms with E-state index in [4.69, 9.17) is 14.2 Å². The van der Waals surface area contributed by atoms with Crippen molar-refractivity contribution in [2.24, 2.45) is 0 Å². The highest BCUT2D eigenvalue weighted by atomic mass is 16.5. The molecule has 0 bridgehead atoms. The highest BCUT2D eigenvalue weighted by molar-refractivity contribution is 5.76. The Hall–Kier alpha value is -2.60. The maximum absolute atomic E-state index is 11.3. The number of hydrogen-bond acceptors (Lipinski definition) is 6. The Labute approximate surface area is 179 Å². The molecule has 0 aliphatic carbocycles. The van der Waals surface area contributed by atoms with Crippen molar-refractivity contribution in [1.29, 1.82) is 0 Å². The molecule has 3 rings (SSSR count). The van der Waals surface area contributed by atoms with Crippen molar-refractivity contribution >= 4 is 11.5 Å². The highest BCUT2D eigenvalue weighted by Crippen LogP contribution is 2.27. The number of ether oxygens (including phenoxy) is 3. The van der Waals surface area contributed by atoms with Crippen molar-refractivity contribution in [3.05, 3.63) is 48.2 Å². The van der Waals surface area contributed by atoms with Crippen molar-refractivity contribution in [2.45, 2.75) is 51.7 Å². The summed E-state index contributed by atoms with van der Waals surface area (Å²) < 4.78 is 17.1. The lowest BCUT2D eigenvalue weighted by molar-refractivity contribution is -0.117. The lowest BCUT2D eigenvalue weighted by Crippen LogP contribution is -2.24. The summed E-state index contributed by atoms with van der Waals surface area (Å²) in [5, 5.41) is 0. The van der Waals surface area contributed by atoms with Gasteiger partial charge in [-0.1, -0.05) is 19.1 Å². The third kappa shape index (κ3) is 6.20. The van der Waals surface area contributed by atoms with E-state index >= 15 is 0 Å². The molecule has 0 N–H and O–H groups in total. The van der Waals surface area contributed by atoms with Crippen LogP contribution in [0.4, 0.5) is 5.69 Å². The molecule has 6 nitrogen and oxygen atoms in total. The van der Waals surface area contributed by atoms with E-state index in [9.17, 15) is 4.79 Å². The monoisotopic (exact) mass is 412 g/mol. The van der Waals surface area contributed by atoms with Gasteiger partial charge in [0.2, 0.25) is 5.88 Å². The second kappa shape index (κ2) is 10.4. The molecule has 2 heterocycles. The molecular weight excluding hydrogens is 380 g/mol. The normalized spacial score (nSPS) is 18.1. The lowest BCUT2D eigenvalue weighted by Gasteiger charge is -2.20. The zero-order valence-corrected chi connectivity index (χ0v) is 18.3. The molecule has 0 radical (unpaired) electrons. The van der Waals surface area contributed by atoms with Crippen molar-refractivity contribution in [1.82, 2.24) is 4.98 Å². The van der Waals surface area contributed by atoms with Gasteiger partial charge in [0.15, 0.2) is 0 Å². The third-order valence-corrected chi connectivity index (χ3v) is 5.44. The molecule has 0 amide bonds. The number of hydrogen-bond donors (Lipinski definition) is 0. The molecule has 162 valence electrons. The molecule has 1 saturated heterocycles. The number of methoxy groups -OCH3 is 1. The Morgan fingerprint density at radius 2 is 2.00 bits per heavy atom. The van der Waals surface area contributed by atoms with Gasteiger partial charge in [-0.15, -0.1) is 0 Å². The van der Waals surface area contributed by atoms with E-state index in [1.165, 1.54) is 0 Å². The van der Waals surface area contributed by atoms with Crippen LogP contribution in [0.1, 0.15) is 45.1 Å². The van der Waals surface area contributed by atoms with E-state index in [0.29, 0.717) is 18.9 Å². The number of pyridine rings is 1. The molecule has 2 aromatic rings. The van der Waals surface area contributed by atoms with Gasteiger partial charge in [-0.05, 0) is 43.5 Å². The van der Waals surface area contributed by atoms with Gasteiger partial charge in [0.25, 0.3) is 0 Å². The maximum atomic E-state index is 11.3. The van der Waals surface area contributed by atoms with Crippen LogP contribution in [-0.2, 0) is 9.53 Å². The Bertz CT molecular complexity index is 824. The summed E-state index contributed by atoms with van der Waals surface area (Å²) in [6.07, 6.45) is 3.46. The summed E-state index contributed by atoms with van der Waals surface area (Å²) in [5.74, 6) is 1.92. The molecule has 3 atom stereocenters. The molecule has 0 spiro atoms. The second-order valence-corrected chi connectivity index (χ2v) is 8.06. The SMILES string of the molecule is CO[C@@H](C)COc1cc(N2CC[C@@H](Oc3ccc([C@H](C)CC(C)=O)cc3)C2)ccn1. The minimum absolute atomic E-state index is 0.0249. The Balaban J connectivity index is 1.54. The van der Waals surface area contributed by atoms with Crippen molar-refractivity contribution < 1.29 is 19.0 Å². The minimum atomic E-state index is 0.0249. The Morgan fingerprint density at radius 3 is 2.70 bits per heavy atom. The largest absolute Gasteiger partial charge is 0.489 e. The second-order valence-electron chi connectivity index (χ2n) is 8.06. The molecule has 6 heteroatoms. The number of anilines is 1. The van der Waals surface area contributed by atoms with Crippen LogP contribution in [0, 0.1) is 0 Å². The molecule has 1 aromatic carbocycles. The van der Waals surface area contributed by atoms with Crippen LogP contribution >= 0.6 is 0 Å². The molecule has 1 aromatic heterocycles. The van der Waals surface area contributed by atoms with Crippen LogP contribution in [0.25, 0.3) is 0 Å². The van der Waals surface area contributed by atoms with E-state index in [1.807, 2.05) is 31.2 Å². The summed E-state index contributed by atoms with van der Waals surface area (Å²) >= 11 is 0. The molecule has 0 unspecified atom stereocenters. The zero-order valence-electron chi connectivity index (χ0n) is 18.3. The first kappa shape index (κ1) is 22.1.